The van der Waals surface area contributed by atoms with Crippen molar-refractivity contribution < 1.29 is 9.90 Å². The van der Waals surface area contributed by atoms with Gasteiger partial charge in [0.15, 0.2) is 0 Å². The van der Waals surface area contributed by atoms with Gasteiger partial charge in [-0.1, -0.05) is 31.0 Å². The van der Waals surface area contributed by atoms with E-state index >= 15 is 0 Å². The van der Waals surface area contributed by atoms with Crippen LogP contribution >= 0.6 is 11.6 Å². The van der Waals surface area contributed by atoms with E-state index in [0.717, 1.165) is 30.2 Å². The smallest absolute Gasteiger partial charge is 0.239 e. The van der Waals surface area contributed by atoms with Crippen molar-refractivity contribution in [2.24, 2.45) is 5.92 Å². The fourth-order valence-corrected chi connectivity index (χ4v) is 2.87. The van der Waals surface area contributed by atoms with Gasteiger partial charge in [0, 0.05) is 29.9 Å². The molecule has 0 saturated carbocycles. The second-order valence-electron chi connectivity index (χ2n) is 5.62. The molecule has 0 aliphatic rings. The lowest BCUT2D eigenvalue weighted by molar-refractivity contribution is -0.121. The van der Waals surface area contributed by atoms with Crippen molar-refractivity contribution in [2.75, 3.05) is 13.2 Å². The van der Waals surface area contributed by atoms with E-state index in [4.69, 9.17) is 16.7 Å². The van der Waals surface area contributed by atoms with Crippen LogP contribution in [0.4, 0.5) is 0 Å². The van der Waals surface area contributed by atoms with Crippen molar-refractivity contribution in [3.63, 3.8) is 0 Å². The van der Waals surface area contributed by atoms with Crippen LogP contribution in [0.5, 0.6) is 0 Å². The van der Waals surface area contributed by atoms with Crippen LogP contribution in [-0.2, 0) is 11.3 Å². The Morgan fingerprint density at radius 2 is 2.18 bits per heavy atom. The molecule has 2 aromatic rings. The molecule has 1 amide bonds. The largest absolute Gasteiger partial charge is 0.396 e. The third-order valence-corrected chi connectivity index (χ3v) is 4.11. The lowest BCUT2D eigenvalue weighted by Crippen LogP contribution is -2.32. The number of aromatic nitrogens is 1. The first-order valence-electron chi connectivity index (χ1n) is 7.76. The average molecular weight is 323 g/mol. The number of hydrogen-bond acceptors (Lipinski definition) is 2. The summed E-state index contributed by atoms with van der Waals surface area (Å²) >= 11 is 6.02. The molecule has 0 radical (unpaired) electrons. The molecule has 5 heteroatoms. The molecule has 0 bridgehead atoms. The molecule has 1 atom stereocenters. The Labute approximate surface area is 136 Å². The fraction of sp³-hybridized carbons (Fsp3) is 0.471. The number of hydrogen-bond donors (Lipinski definition) is 2. The van der Waals surface area contributed by atoms with Crippen LogP contribution in [0.25, 0.3) is 10.9 Å². The van der Waals surface area contributed by atoms with Crippen LogP contribution in [0.15, 0.2) is 30.5 Å². The summed E-state index contributed by atoms with van der Waals surface area (Å²) in [5.74, 6) is 0.325. The number of fused-ring (bicyclic) bond motifs is 1. The molecule has 0 aliphatic heterocycles. The van der Waals surface area contributed by atoms with Gasteiger partial charge in [-0.3, -0.25) is 4.79 Å². The second-order valence-corrected chi connectivity index (χ2v) is 6.05. The van der Waals surface area contributed by atoms with E-state index in [-0.39, 0.29) is 19.1 Å². The predicted molar refractivity (Wildman–Crippen MR) is 90.1 cm³/mol. The second kappa shape index (κ2) is 8.20. The molecule has 2 rings (SSSR count). The van der Waals surface area contributed by atoms with E-state index < -0.39 is 0 Å². The van der Waals surface area contributed by atoms with Gasteiger partial charge in [0.1, 0.15) is 6.54 Å². The maximum atomic E-state index is 12.1. The zero-order valence-electron chi connectivity index (χ0n) is 12.9. The van der Waals surface area contributed by atoms with E-state index in [1.54, 1.807) is 0 Å². The topological polar surface area (TPSA) is 54.3 Å². The van der Waals surface area contributed by atoms with Gasteiger partial charge in [-0.25, -0.2) is 0 Å². The van der Waals surface area contributed by atoms with Gasteiger partial charge in [-0.15, -0.1) is 0 Å². The van der Waals surface area contributed by atoms with Gasteiger partial charge in [-0.2, -0.15) is 0 Å². The highest BCUT2D eigenvalue weighted by Crippen LogP contribution is 2.20. The van der Waals surface area contributed by atoms with Crippen LogP contribution in [0.2, 0.25) is 5.02 Å². The number of rotatable bonds is 8. The van der Waals surface area contributed by atoms with E-state index in [9.17, 15) is 4.79 Å². The van der Waals surface area contributed by atoms with E-state index in [1.165, 1.54) is 0 Å². The summed E-state index contributed by atoms with van der Waals surface area (Å²) in [6, 6.07) is 7.64. The SMILES string of the molecule is CCCC(CCO)CNC(=O)Cn1ccc2ccc(Cl)cc21. The molecule has 1 aromatic carbocycles. The number of aliphatic hydroxyl groups is 1. The summed E-state index contributed by atoms with van der Waals surface area (Å²) in [5.41, 5.74) is 0.961. The monoisotopic (exact) mass is 322 g/mol. The standard InChI is InChI=1S/C17H23ClN2O2/c1-2-3-13(7-9-21)11-19-17(22)12-20-8-6-14-4-5-15(18)10-16(14)20/h4-6,8,10,13,21H,2-3,7,9,11-12H2,1H3,(H,19,22). The molecule has 0 saturated heterocycles. The Hall–Kier alpha value is -1.52. The van der Waals surface area contributed by atoms with Crippen LogP contribution in [0, 0.1) is 5.92 Å². The molecule has 0 fully saturated rings. The quantitative estimate of drug-likeness (QED) is 0.784. The molecule has 0 spiro atoms. The number of nitrogens with one attached hydrogen (secondary N) is 1. The Morgan fingerprint density at radius 1 is 1.36 bits per heavy atom. The Morgan fingerprint density at radius 3 is 2.91 bits per heavy atom. The molecule has 1 heterocycles. The van der Waals surface area contributed by atoms with Crippen molar-refractivity contribution in [3.8, 4) is 0 Å². The molecule has 120 valence electrons. The minimum atomic E-state index is -0.0171. The first-order valence-corrected chi connectivity index (χ1v) is 8.13. The maximum absolute atomic E-state index is 12.1. The molecule has 4 nitrogen and oxygen atoms in total. The number of benzene rings is 1. The summed E-state index contributed by atoms with van der Waals surface area (Å²) < 4.78 is 1.90. The van der Waals surface area contributed by atoms with Crippen molar-refractivity contribution in [3.05, 3.63) is 35.5 Å². The number of amides is 1. The third-order valence-electron chi connectivity index (χ3n) is 3.87. The third kappa shape index (κ3) is 4.49. The van der Waals surface area contributed by atoms with E-state index in [0.29, 0.717) is 17.5 Å². The van der Waals surface area contributed by atoms with Gasteiger partial charge in [0.2, 0.25) is 5.91 Å². The molecular weight excluding hydrogens is 300 g/mol. The predicted octanol–water partition coefficient (Wildman–Crippen LogP) is 3.21. The van der Waals surface area contributed by atoms with Gasteiger partial charge in [0.25, 0.3) is 0 Å². The summed E-state index contributed by atoms with van der Waals surface area (Å²) in [4.78, 5) is 12.1. The van der Waals surface area contributed by atoms with Gasteiger partial charge in [0.05, 0.1) is 0 Å². The van der Waals surface area contributed by atoms with Crippen molar-refractivity contribution in [1.29, 1.82) is 0 Å². The number of carbonyl (C=O) groups is 1. The van der Waals surface area contributed by atoms with Crippen LogP contribution in [-0.4, -0.2) is 28.7 Å². The number of halogens is 1. The van der Waals surface area contributed by atoms with Gasteiger partial charge >= 0.3 is 0 Å². The lowest BCUT2D eigenvalue weighted by atomic mass is 10.0. The van der Waals surface area contributed by atoms with E-state index in [1.807, 2.05) is 35.0 Å². The Kier molecular flexibility index (Phi) is 6.28. The van der Waals surface area contributed by atoms with Gasteiger partial charge in [-0.05, 0) is 42.3 Å². The highest BCUT2D eigenvalue weighted by atomic mass is 35.5. The zero-order valence-corrected chi connectivity index (χ0v) is 13.6. The first-order chi connectivity index (χ1) is 10.6. The maximum Gasteiger partial charge on any atom is 0.239 e. The fourth-order valence-electron chi connectivity index (χ4n) is 2.70. The van der Waals surface area contributed by atoms with Gasteiger partial charge < -0.3 is 15.0 Å². The molecular formula is C17H23ClN2O2. The van der Waals surface area contributed by atoms with Crippen molar-refractivity contribution in [2.45, 2.75) is 32.7 Å². The summed E-state index contributed by atoms with van der Waals surface area (Å²) in [6.07, 6.45) is 4.71. The van der Waals surface area contributed by atoms with E-state index in [2.05, 4.69) is 12.2 Å². The van der Waals surface area contributed by atoms with Crippen molar-refractivity contribution in [1.82, 2.24) is 9.88 Å². The normalized spacial score (nSPS) is 12.5. The number of aliphatic hydroxyl groups excluding tert-OH is 1. The highest BCUT2D eigenvalue weighted by molar-refractivity contribution is 6.31. The van der Waals surface area contributed by atoms with Crippen LogP contribution in [0.3, 0.4) is 0 Å². The summed E-state index contributed by atoms with van der Waals surface area (Å²) in [6.45, 7) is 3.18. The minimum Gasteiger partial charge on any atom is -0.396 e. The van der Waals surface area contributed by atoms with Crippen molar-refractivity contribution >= 4 is 28.4 Å². The molecule has 0 aliphatic carbocycles. The Bertz CT molecular complexity index is 618. The summed E-state index contributed by atoms with van der Waals surface area (Å²) in [5, 5.41) is 13.8. The highest BCUT2D eigenvalue weighted by Gasteiger charge is 2.11. The molecule has 2 N–H and O–H groups in total. The zero-order chi connectivity index (χ0) is 15.9. The summed E-state index contributed by atoms with van der Waals surface area (Å²) in [7, 11) is 0. The number of nitrogens with zero attached hydrogens (tertiary/aromatic N) is 1. The van der Waals surface area contributed by atoms with Crippen LogP contribution < -0.4 is 5.32 Å². The van der Waals surface area contributed by atoms with Crippen LogP contribution in [0.1, 0.15) is 26.2 Å². The Balaban J connectivity index is 1.94. The lowest BCUT2D eigenvalue weighted by Gasteiger charge is -2.16. The first kappa shape index (κ1) is 16.8. The average Bonchev–Trinajstić information content (AvgIpc) is 2.87. The molecule has 1 unspecified atom stereocenters. The minimum absolute atomic E-state index is 0.0171. The molecule has 1 aromatic heterocycles. The molecule has 22 heavy (non-hydrogen) atoms. The number of carbonyl (C=O) groups excluding carboxylic acids is 1.